The Kier molecular flexibility index (Phi) is 6.78. The van der Waals surface area contributed by atoms with Crippen molar-refractivity contribution in [1.82, 2.24) is 20.3 Å². The maximum absolute atomic E-state index is 12.4. The second-order valence-electron chi connectivity index (χ2n) is 7.33. The van der Waals surface area contributed by atoms with E-state index in [1.54, 1.807) is 18.3 Å². The molecule has 7 N–H and O–H groups in total. The molecule has 11 heteroatoms. The van der Waals surface area contributed by atoms with Crippen LogP contribution in [0.25, 0.3) is 11.0 Å². The molecule has 2 aromatic heterocycles. The first-order valence-electron chi connectivity index (χ1n) is 9.87. The molecule has 0 radical (unpaired) electrons. The fraction of sp³-hybridized carbons (Fsp3) is 0.227. The molecule has 11 nitrogen and oxygen atoms in total. The molecular weight excluding hydrogens is 430 g/mol. The monoisotopic (exact) mass is 451 g/mol. The molecule has 1 aromatic carbocycles. The van der Waals surface area contributed by atoms with Crippen molar-refractivity contribution in [3.63, 3.8) is 0 Å². The maximum Gasteiger partial charge on any atom is 0.326 e. The molecule has 0 spiro atoms. The third kappa shape index (κ3) is 5.37. The van der Waals surface area contributed by atoms with Gasteiger partial charge >= 0.3 is 11.9 Å². The molecule has 0 saturated carbocycles. The smallest absolute Gasteiger partial charge is 0.326 e. The van der Waals surface area contributed by atoms with Crippen LogP contribution in [0.1, 0.15) is 40.2 Å². The second-order valence-corrected chi connectivity index (χ2v) is 7.33. The van der Waals surface area contributed by atoms with Crippen LogP contribution >= 0.6 is 0 Å². The Morgan fingerprint density at radius 2 is 1.91 bits per heavy atom. The highest BCUT2D eigenvalue weighted by Gasteiger charge is 2.22. The summed E-state index contributed by atoms with van der Waals surface area (Å²) >= 11 is 0. The van der Waals surface area contributed by atoms with Crippen LogP contribution < -0.4 is 16.6 Å². The van der Waals surface area contributed by atoms with Gasteiger partial charge in [0.2, 0.25) is 5.95 Å². The first kappa shape index (κ1) is 23.1. The zero-order valence-corrected chi connectivity index (χ0v) is 17.3. The van der Waals surface area contributed by atoms with E-state index in [4.69, 9.17) is 17.3 Å². The summed E-state index contributed by atoms with van der Waals surface area (Å²) in [6, 6.07) is 4.95. The van der Waals surface area contributed by atoms with Gasteiger partial charge in [0.25, 0.3) is 11.5 Å². The number of nitrogen functional groups attached to an aromatic ring is 1. The molecule has 0 aliphatic heterocycles. The third-order valence-electron chi connectivity index (χ3n) is 5.09. The van der Waals surface area contributed by atoms with Gasteiger partial charge in [-0.25, -0.2) is 4.79 Å². The van der Waals surface area contributed by atoms with Crippen molar-refractivity contribution in [2.75, 3.05) is 5.73 Å². The Bertz CT molecular complexity index is 1300. The molecule has 0 saturated heterocycles. The largest absolute Gasteiger partial charge is 0.481 e. The number of amides is 1. The van der Waals surface area contributed by atoms with Crippen molar-refractivity contribution in [1.29, 1.82) is 0 Å². The molecule has 170 valence electrons. The molecule has 2 heterocycles. The number of aliphatic carboxylic acids is 2. The number of carbonyl (C=O) groups excluding carboxylic acids is 1. The SMILES string of the molecule is C#CC(Cc1c[nH]c2nc(N)[nH]c(=O)c12)c1ccc(C(=O)NC(CCC(=O)O)C(=O)O)cc1. The van der Waals surface area contributed by atoms with E-state index in [0.29, 0.717) is 28.6 Å². The number of nitrogens with two attached hydrogens (primary N) is 1. The summed E-state index contributed by atoms with van der Waals surface area (Å²) in [5.74, 6) is -0.876. The van der Waals surface area contributed by atoms with Gasteiger partial charge in [0, 0.05) is 24.1 Å². The first-order valence-corrected chi connectivity index (χ1v) is 9.87. The summed E-state index contributed by atoms with van der Waals surface area (Å²) in [4.78, 5) is 56.0. The summed E-state index contributed by atoms with van der Waals surface area (Å²) in [5, 5.41) is 20.6. The number of H-pyrrole nitrogens is 2. The van der Waals surface area contributed by atoms with Crippen LogP contribution in [0, 0.1) is 12.3 Å². The number of carboxylic acids is 2. The van der Waals surface area contributed by atoms with Gasteiger partial charge in [-0.3, -0.25) is 19.4 Å². The summed E-state index contributed by atoms with van der Waals surface area (Å²) < 4.78 is 0. The molecule has 3 rings (SSSR count). The molecular formula is C22H21N5O6. The minimum atomic E-state index is -1.32. The highest BCUT2D eigenvalue weighted by Crippen LogP contribution is 2.24. The van der Waals surface area contributed by atoms with E-state index in [1.165, 1.54) is 12.1 Å². The van der Waals surface area contributed by atoms with E-state index < -0.39 is 36.2 Å². The van der Waals surface area contributed by atoms with Crippen molar-refractivity contribution < 1.29 is 24.6 Å². The second kappa shape index (κ2) is 9.69. The zero-order valence-electron chi connectivity index (χ0n) is 17.3. The van der Waals surface area contributed by atoms with Crippen LogP contribution in [0.15, 0.2) is 35.3 Å². The summed E-state index contributed by atoms with van der Waals surface area (Å²) in [7, 11) is 0. The number of nitrogens with zero attached hydrogens (tertiary/aromatic N) is 1. The fourth-order valence-electron chi connectivity index (χ4n) is 3.41. The van der Waals surface area contributed by atoms with Crippen molar-refractivity contribution >= 4 is 34.8 Å². The van der Waals surface area contributed by atoms with Crippen LogP contribution in [0.5, 0.6) is 0 Å². The number of carbonyl (C=O) groups is 3. The molecule has 2 atom stereocenters. The van der Waals surface area contributed by atoms with Crippen LogP contribution in [-0.4, -0.2) is 49.1 Å². The number of fused-ring (bicyclic) bond motifs is 1. The number of aromatic amines is 2. The van der Waals surface area contributed by atoms with Gasteiger partial charge < -0.3 is 26.2 Å². The fourth-order valence-corrected chi connectivity index (χ4v) is 3.41. The van der Waals surface area contributed by atoms with Crippen LogP contribution in [0.2, 0.25) is 0 Å². The van der Waals surface area contributed by atoms with Gasteiger partial charge in [0.1, 0.15) is 11.7 Å². The maximum atomic E-state index is 12.4. The first-order chi connectivity index (χ1) is 15.7. The van der Waals surface area contributed by atoms with Crippen LogP contribution in [0.3, 0.4) is 0 Å². The summed E-state index contributed by atoms with van der Waals surface area (Å²) in [6.45, 7) is 0. The highest BCUT2D eigenvalue weighted by atomic mass is 16.4. The Balaban J connectivity index is 1.75. The standard InChI is InChI=1S/C22H21N5O6/c1-2-11(9-14-10-24-18-17(14)20(31)27-22(23)26-18)12-3-5-13(6-4-12)19(30)25-15(21(32)33)7-8-16(28)29/h1,3-6,10-11,15H,7-9H2,(H,25,30)(H,28,29)(H,32,33)(H4,23,24,26,27,31). The number of terminal acetylenes is 1. The molecule has 2 unspecified atom stereocenters. The molecule has 0 aliphatic rings. The Labute approximate surface area is 187 Å². The van der Waals surface area contributed by atoms with Crippen LogP contribution in [0.4, 0.5) is 5.95 Å². The lowest BCUT2D eigenvalue weighted by Gasteiger charge is -2.14. The number of aromatic nitrogens is 3. The average molecular weight is 451 g/mol. The van der Waals surface area contributed by atoms with Gasteiger partial charge in [-0.15, -0.1) is 6.42 Å². The van der Waals surface area contributed by atoms with E-state index in [-0.39, 0.29) is 23.5 Å². The number of anilines is 1. The van der Waals surface area contributed by atoms with E-state index in [2.05, 4.69) is 26.2 Å². The van der Waals surface area contributed by atoms with E-state index >= 15 is 0 Å². The summed E-state index contributed by atoms with van der Waals surface area (Å²) in [6.07, 6.45) is 7.05. The topological polar surface area (TPSA) is 191 Å². The quantitative estimate of drug-likeness (QED) is 0.258. The highest BCUT2D eigenvalue weighted by molar-refractivity contribution is 5.96. The molecule has 3 aromatic rings. The number of benzene rings is 1. The van der Waals surface area contributed by atoms with Crippen molar-refractivity contribution in [2.45, 2.75) is 31.2 Å². The van der Waals surface area contributed by atoms with E-state index in [1.807, 2.05) is 0 Å². The molecule has 33 heavy (non-hydrogen) atoms. The summed E-state index contributed by atoms with van der Waals surface area (Å²) in [5.41, 5.74) is 7.09. The van der Waals surface area contributed by atoms with Crippen molar-refractivity contribution in [3.05, 3.63) is 57.5 Å². The molecule has 0 aliphatic carbocycles. The number of hydrogen-bond acceptors (Lipinski definition) is 6. The minimum absolute atomic E-state index is 0.00337. The predicted molar refractivity (Wildman–Crippen MR) is 119 cm³/mol. The third-order valence-corrected chi connectivity index (χ3v) is 5.09. The number of carboxylic acid groups (broad SMARTS) is 2. The lowest BCUT2D eigenvalue weighted by Crippen LogP contribution is -2.41. The van der Waals surface area contributed by atoms with Gasteiger partial charge in [0.05, 0.1) is 5.39 Å². The lowest BCUT2D eigenvalue weighted by atomic mass is 9.92. The number of rotatable bonds is 9. The normalized spacial score (nSPS) is 12.6. The zero-order chi connectivity index (χ0) is 24.1. The minimum Gasteiger partial charge on any atom is -0.481 e. The van der Waals surface area contributed by atoms with Crippen molar-refractivity contribution in [3.8, 4) is 12.3 Å². The van der Waals surface area contributed by atoms with E-state index in [9.17, 15) is 24.3 Å². The van der Waals surface area contributed by atoms with Gasteiger partial charge in [-0.2, -0.15) is 4.98 Å². The number of nitrogens with one attached hydrogen (secondary N) is 3. The molecule has 0 fully saturated rings. The van der Waals surface area contributed by atoms with Gasteiger partial charge in [-0.1, -0.05) is 18.1 Å². The van der Waals surface area contributed by atoms with Crippen LogP contribution in [-0.2, 0) is 16.0 Å². The average Bonchev–Trinajstić information content (AvgIpc) is 3.17. The Hall–Kier alpha value is -4.59. The Morgan fingerprint density at radius 3 is 2.52 bits per heavy atom. The van der Waals surface area contributed by atoms with Crippen molar-refractivity contribution in [2.24, 2.45) is 0 Å². The van der Waals surface area contributed by atoms with Gasteiger partial charge in [-0.05, 0) is 36.1 Å². The predicted octanol–water partition coefficient (Wildman–Crippen LogP) is 0.841. The van der Waals surface area contributed by atoms with E-state index in [0.717, 1.165) is 0 Å². The number of hydrogen-bond donors (Lipinski definition) is 6. The Morgan fingerprint density at radius 1 is 1.21 bits per heavy atom. The lowest BCUT2D eigenvalue weighted by molar-refractivity contribution is -0.140. The molecule has 0 bridgehead atoms. The molecule has 1 amide bonds. The van der Waals surface area contributed by atoms with Gasteiger partial charge in [0.15, 0.2) is 0 Å².